The molecule has 6 N–H and O–H groups in total. The first-order chi connectivity index (χ1) is 7.82. The molecule has 0 bridgehead atoms. The molecule has 1 rings (SSSR count). The third kappa shape index (κ3) is 3.39. The van der Waals surface area contributed by atoms with Crippen molar-refractivity contribution in [3.63, 3.8) is 0 Å². The van der Waals surface area contributed by atoms with Gasteiger partial charge in [-0.05, 0) is 18.6 Å². The first-order valence-electron chi connectivity index (χ1n) is 4.40. The highest BCUT2D eigenvalue weighted by Gasteiger charge is 2.11. The van der Waals surface area contributed by atoms with E-state index in [1.54, 1.807) is 13.0 Å². The van der Waals surface area contributed by atoms with Crippen LogP contribution in [0.15, 0.2) is 16.1 Å². The summed E-state index contributed by atoms with van der Waals surface area (Å²) in [5.41, 5.74) is 16.9. The molecule has 0 unspecified atom stereocenters. The molecule has 0 aliphatic rings. The molecule has 8 heteroatoms. The zero-order valence-corrected chi connectivity index (χ0v) is 11.1. The Morgan fingerprint density at radius 2 is 1.65 bits per heavy atom. The van der Waals surface area contributed by atoms with E-state index in [4.69, 9.17) is 52.0 Å². The van der Waals surface area contributed by atoms with Crippen LogP contribution in [-0.2, 0) is 0 Å². The van der Waals surface area contributed by atoms with E-state index in [1.165, 1.54) is 0 Å². The number of guanidine groups is 2. The standard InChI is InChI=1S/C9H10Cl3N5/c1-3-2-4(6(11)7(12)5(3)10)16-9(15)17-8(13)14/h2H,1H3,(H6,13,14,15,16,17). The maximum atomic E-state index is 5.96. The number of aliphatic imine (C=N–C) groups is 2. The van der Waals surface area contributed by atoms with Crippen LogP contribution in [0.1, 0.15) is 5.56 Å². The Labute approximate surface area is 113 Å². The number of nitrogens with zero attached hydrogens (tertiary/aromatic N) is 2. The van der Waals surface area contributed by atoms with Crippen LogP contribution < -0.4 is 17.2 Å². The lowest BCUT2D eigenvalue weighted by Crippen LogP contribution is -2.26. The van der Waals surface area contributed by atoms with Crippen molar-refractivity contribution in [3.8, 4) is 0 Å². The van der Waals surface area contributed by atoms with Crippen molar-refractivity contribution in [2.45, 2.75) is 6.92 Å². The van der Waals surface area contributed by atoms with Crippen molar-refractivity contribution in [1.82, 2.24) is 0 Å². The van der Waals surface area contributed by atoms with Crippen LogP contribution in [0.25, 0.3) is 0 Å². The van der Waals surface area contributed by atoms with Crippen LogP contribution in [0.5, 0.6) is 0 Å². The Hall–Kier alpha value is -1.17. The van der Waals surface area contributed by atoms with Crippen molar-refractivity contribution in [3.05, 3.63) is 26.7 Å². The van der Waals surface area contributed by atoms with Crippen molar-refractivity contribution in [2.24, 2.45) is 27.2 Å². The summed E-state index contributed by atoms with van der Waals surface area (Å²) in [6.45, 7) is 1.76. The SMILES string of the molecule is Cc1cc(N=C(N)N=C(N)N)c(Cl)c(Cl)c1Cl. The molecule has 0 saturated carbocycles. The van der Waals surface area contributed by atoms with Gasteiger partial charge in [0, 0.05) is 0 Å². The van der Waals surface area contributed by atoms with Gasteiger partial charge in [0.2, 0.25) is 5.96 Å². The number of hydrogen-bond acceptors (Lipinski definition) is 1. The van der Waals surface area contributed by atoms with Crippen molar-refractivity contribution >= 4 is 52.4 Å². The van der Waals surface area contributed by atoms with E-state index in [2.05, 4.69) is 9.98 Å². The summed E-state index contributed by atoms with van der Waals surface area (Å²) in [6.07, 6.45) is 0. The molecule has 5 nitrogen and oxygen atoms in total. The second-order valence-electron chi connectivity index (χ2n) is 3.16. The molecule has 0 aliphatic heterocycles. The summed E-state index contributed by atoms with van der Waals surface area (Å²) in [5, 5.41) is 0.775. The molecule has 0 aromatic heterocycles. The predicted molar refractivity (Wildman–Crippen MR) is 73.3 cm³/mol. The second-order valence-corrected chi connectivity index (χ2v) is 4.30. The molecule has 92 valence electrons. The molecule has 0 saturated heterocycles. The zero-order chi connectivity index (χ0) is 13.2. The van der Waals surface area contributed by atoms with Crippen molar-refractivity contribution in [2.75, 3.05) is 0 Å². The maximum absolute atomic E-state index is 5.96. The highest BCUT2D eigenvalue weighted by atomic mass is 35.5. The lowest BCUT2D eigenvalue weighted by molar-refractivity contribution is 1.36. The van der Waals surface area contributed by atoms with Gasteiger partial charge in [0.1, 0.15) is 0 Å². The molecule has 0 amide bonds. The fourth-order valence-electron chi connectivity index (χ4n) is 1.08. The molecule has 0 aliphatic carbocycles. The average Bonchev–Trinajstić information content (AvgIpc) is 2.21. The molecule has 0 heterocycles. The highest BCUT2D eigenvalue weighted by Crippen LogP contribution is 2.39. The summed E-state index contributed by atoms with van der Waals surface area (Å²) in [6, 6.07) is 1.63. The zero-order valence-electron chi connectivity index (χ0n) is 8.84. The van der Waals surface area contributed by atoms with Gasteiger partial charge in [-0.1, -0.05) is 34.8 Å². The average molecular weight is 295 g/mol. The quantitative estimate of drug-likeness (QED) is 0.420. The van der Waals surface area contributed by atoms with E-state index < -0.39 is 0 Å². The summed E-state index contributed by atoms with van der Waals surface area (Å²) < 4.78 is 0. The maximum Gasteiger partial charge on any atom is 0.223 e. The van der Waals surface area contributed by atoms with Crippen LogP contribution in [0, 0.1) is 6.92 Å². The third-order valence-electron chi connectivity index (χ3n) is 1.79. The lowest BCUT2D eigenvalue weighted by atomic mass is 10.2. The third-order valence-corrected chi connectivity index (χ3v) is 3.23. The molecule has 1 aromatic rings. The number of nitrogens with two attached hydrogens (primary N) is 3. The van der Waals surface area contributed by atoms with E-state index in [1.807, 2.05) is 0 Å². The van der Waals surface area contributed by atoms with Crippen LogP contribution >= 0.6 is 34.8 Å². The molecule has 0 radical (unpaired) electrons. The minimum absolute atomic E-state index is 0.121. The van der Waals surface area contributed by atoms with E-state index in [9.17, 15) is 0 Å². The van der Waals surface area contributed by atoms with Crippen molar-refractivity contribution in [1.29, 1.82) is 0 Å². The van der Waals surface area contributed by atoms with Gasteiger partial charge in [0.05, 0.1) is 20.8 Å². The van der Waals surface area contributed by atoms with Crippen LogP contribution in [0.2, 0.25) is 15.1 Å². The fraction of sp³-hybridized carbons (Fsp3) is 0.111. The highest BCUT2D eigenvalue weighted by molar-refractivity contribution is 6.49. The summed E-state index contributed by atoms with van der Waals surface area (Å²) in [5.74, 6) is -0.316. The molecule has 0 spiro atoms. The largest absolute Gasteiger partial charge is 0.370 e. The Morgan fingerprint density at radius 1 is 1.06 bits per heavy atom. The van der Waals surface area contributed by atoms with Gasteiger partial charge >= 0.3 is 0 Å². The normalized spacial score (nSPS) is 11.4. The number of aryl methyl sites for hydroxylation is 1. The van der Waals surface area contributed by atoms with Gasteiger partial charge in [-0.25, -0.2) is 4.99 Å². The number of halogens is 3. The molecule has 0 atom stereocenters. The number of rotatable bonds is 1. The van der Waals surface area contributed by atoms with E-state index >= 15 is 0 Å². The Kier molecular flexibility index (Phi) is 4.45. The van der Waals surface area contributed by atoms with Crippen molar-refractivity contribution < 1.29 is 0 Å². The molecular weight excluding hydrogens is 284 g/mol. The lowest BCUT2D eigenvalue weighted by Gasteiger charge is -2.06. The Morgan fingerprint density at radius 3 is 2.18 bits per heavy atom. The first kappa shape index (κ1) is 13.9. The summed E-state index contributed by atoms with van der Waals surface area (Å²) in [4.78, 5) is 7.49. The monoisotopic (exact) mass is 293 g/mol. The van der Waals surface area contributed by atoms with E-state index in [0.29, 0.717) is 10.7 Å². The summed E-state index contributed by atoms with van der Waals surface area (Å²) >= 11 is 17.8. The van der Waals surface area contributed by atoms with Crippen LogP contribution in [0.4, 0.5) is 5.69 Å². The Bertz CT molecular complexity index is 506. The minimum Gasteiger partial charge on any atom is -0.370 e. The first-order valence-corrected chi connectivity index (χ1v) is 5.54. The smallest absolute Gasteiger partial charge is 0.223 e. The molecule has 1 aromatic carbocycles. The van der Waals surface area contributed by atoms with Gasteiger partial charge in [-0.3, -0.25) is 0 Å². The summed E-state index contributed by atoms with van der Waals surface area (Å²) in [7, 11) is 0. The topological polar surface area (TPSA) is 103 Å². The van der Waals surface area contributed by atoms with E-state index in [-0.39, 0.29) is 22.0 Å². The minimum atomic E-state index is -0.195. The molecule has 17 heavy (non-hydrogen) atoms. The van der Waals surface area contributed by atoms with Gasteiger partial charge < -0.3 is 17.2 Å². The van der Waals surface area contributed by atoms with E-state index in [0.717, 1.165) is 5.56 Å². The van der Waals surface area contributed by atoms with Gasteiger partial charge in [-0.2, -0.15) is 4.99 Å². The Balaban J connectivity index is 3.30. The second kappa shape index (κ2) is 5.44. The van der Waals surface area contributed by atoms with Gasteiger partial charge in [0.25, 0.3) is 0 Å². The number of hydrogen-bond donors (Lipinski definition) is 3. The molecule has 0 fully saturated rings. The fourth-order valence-corrected chi connectivity index (χ4v) is 1.71. The van der Waals surface area contributed by atoms with Gasteiger partial charge in [0.15, 0.2) is 5.96 Å². The van der Waals surface area contributed by atoms with Crippen LogP contribution in [-0.4, -0.2) is 11.9 Å². The van der Waals surface area contributed by atoms with Gasteiger partial charge in [-0.15, -0.1) is 0 Å². The molecular formula is C9H10Cl3N5. The number of benzene rings is 1. The predicted octanol–water partition coefficient (Wildman–Crippen LogP) is 2.17. The van der Waals surface area contributed by atoms with Crippen LogP contribution in [0.3, 0.4) is 0 Å².